The van der Waals surface area contributed by atoms with Crippen LogP contribution in [0.2, 0.25) is 0 Å². The van der Waals surface area contributed by atoms with Crippen molar-refractivity contribution < 1.29 is 23.0 Å². The molecule has 0 aromatic carbocycles. The van der Waals surface area contributed by atoms with Crippen LogP contribution in [0.3, 0.4) is 0 Å². The summed E-state index contributed by atoms with van der Waals surface area (Å²) in [7, 11) is 0. The number of halogens is 2. The van der Waals surface area contributed by atoms with E-state index in [2.05, 4.69) is 9.97 Å². The minimum Gasteiger partial charge on any atom is -0.475 e. The molecule has 2 aliphatic heterocycles. The van der Waals surface area contributed by atoms with Crippen LogP contribution < -0.4 is 9.64 Å². The maximum absolute atomic E-state index is 13.2. The van der Waals surface area contributed by atoms with Gasteiger partial charge in [0, 0.05) is 13.1 Å². The molecule has 3 aliphatic rings. The van der Waals surface area contributed by atoms with Crippen LogP contribution in [-0.2, 0) is 4.74 Å². The average Bonchev–Trinajstić information content (AvgIpc) is 3.40. The molecule has 0 unspecified atom stereocenters. The van der Waals surface area contributed by atoms with E-state index in [9.17, 15) is 13.6 Å². The third kappa shape index (κ3) is 4.12. The van der Waals surface area contributed by atoms with Gasteiger partial charge in [0.15, 0.2) is 11.5 Å². The zero-order valence-corrected chi connectivity index (χ0v) is 15.6. The number of nitrogens with zero attached hydrogens (tertiary/aromatic N) is 4. The molecule has 3 fully saturated rings. The molecule has 9 heteroatoms. The van der Waals surface area contributed by atoms with Crippen LogP contribution in [0, 0.1) is 5.92 Å². The Balaban J connectivity index is 1.54. The first-order valence-electron chi connectivity index (χ1n) is 9.28. The van der Waals surface area contributed by atoms with E-state index in [1.165, 1.54) is 11.1 Å². The highest BCUT2D eigenvalue weighted by Crippen LogP contribution is 2.36. The molecule has 1 aliphatic carbocycles. The molecule has 2 saturated heterocycles. The van der Waals surface area contributed by atoms with Crippen molar-refractivity contribution in [3.63, 3.8) is 0 Å². The highest BCUT2D eigenvalue weighted by atomic mass is 19.3. The van der Waals surface area contributed by atoms with Gasteiger partial charge in [-0.15, -0.1) is 0 Å². The Hall–Kier alpha value is -2.03. The number of carbonyl (C=O) groups excluding carboxylic acids is 1. The lowest BCUT2D eigenvalue weighted by Gasteiger charge is -2.40. The van der Waals surface area contributed by atoms with E-state index in [0.717, 1.165) is 12.8 Å². The van der Waals surface area contributed by atoms with Crippen molar-refractivity contribution in [2.75, 3.05) is 44.3 Å². The van der Waals surface area contributed by atoms with Gasteiger partial charge in [-0.1, -0.05) is 0 Å². The number of morpholine rings is 1. The zero-order chi connectivity index (χ0) is 19.2. The summed E-state index contributed by atoms with van der Waals surface area (Å²) in [6.45, 7) is 4.88. The molecule has 1 aromatic heterocycles. The van der Waals surface area contributed by atoms with E-state index >= 15 is 0 Å². The predicted molar refractivity (Wildman–Crippen MR) is 93.3 cm³/mol. The Kier molecular flexibility index (Phi) is 4.44. The van der Waals surface area contributed by atoms with Crippen molar-refractivity contribution in [3.05, 3.63) is 11.9 Å². The summed E-state index contributed by atoms with van der Waals surface area (Å²) < 4.78 is 37.9. The van der Waals surface area contributed by atoms with Gasteiger partial charge in [-0.05, 0) is 32.6 Å². The van der Waals surface area contributed by atoms with E-state index in [1.54, 1.807) is 4.90 Å². The molecular formula is C18H24F2N4O3. The van der Waals surface area contributed by atoms with Gasteiger partial charge in [0.25, 0.3) is 17.7 Å². The number of anilines is 1. The Morgan fingerprint density at radius 2 is 2.07 bits per heavy atom. The fourth-order valence-corrected chi connectivity index (χ4v) is 3.28. The van der Waals surface area contributed by atoms with Crippen LogP contribution in [0.25, 0.3) is 0 Å². The van der Waals surface area contributed by atoms with Crippen molar-refractivity contribution in [2.24, 2.45) is 5.92 Å². The van der Waals surface area contributed by atoms with E-state index in [0.29, 0.717) is 32.2 Å². The van der Waals surface area contributed by atoms with Crippen LogP contribution in [0.1, 0.15) is 37.2 Å². The lowest BCUT2D eigenvalue weighted by atomic mass is 10.1. The van der Waals surface area contributed by atoms with Crippen LogP contribution in [-0.4, -0.2) is 71.7 Å². The van der Waals surface area contributed by atoms with E-state index < -0.39 is 24.6 Å². The molecule has 3 heterocycles. The van der Waals surface area contributed by atoms with Crippen molar-refractivity contribution in [3.8, 4) is 5.88 Å². The minimum absolute atomic E-state index is 0.162. The molecule has 1 aromatic rings. The largest absolute Gasteiger partial charge is 0.475 e. The summed E-state index contributed by atoms with van der Waals surface area (Å²) in [5.41, 5.74) is -0.259. The minimum atomic E-state index is -2.72. The number of aromatic nitrogens is 2. The number of hydrogen-bond donors (Lipinski definition) is 0. The Bertz CT molecular complexity index is 731. The maximum Gasteiger partial charge on any atom is 0.282 e. The van der Waals surface area contributed by atoms with Crippen molar-refractivity contribution >= 4 is 11.7 Å². The third-order valence-corrected chi connectivity index (χ3v) is 4.95. The highest BCUT2D eigenvalue weighted by molar-refractivity contribution is 5.92. The van der Waals surface area contributed by atoms with Crippen LogP contribution in [0.5, 0.6) is 5.88 Å². The number of alkyl halides is 2. The Labute approximate surface area is 156 Å². The van der Waals surface area contributed by atoms with Gasteiger partial charge in [-0.25, -0.2) is 18.7 Å². The standard InChI is InChI=1S/C18H24F2N4O3/c1-17(2)9-23(5-6-27-17)16(25)13-7-21-14(24-10-18(19,20)11-24)15(22-13)26-8-12-3-4-12/h7,12H,3-6,8-11H2,1-2H3. The first-order chi connectivity index (χ1) is 12.7. The lowest BCUT2D eigenvalue weighted by Crippen LogP contribution is -2.56. The number of carbonyl (C=O) groups is 1. The lowest BCUT2D eigenvalue weighted by molar-refractivity contribution is -0.0765. The number of amides is 1. The summed E-state index contributed by atoms with van der Waals surface area (Å²) in [4.78, 5) is 24.5. The molecule has 7 nitrogen and oxygen atoms in total. The van der Waals surface area contributed by atoms with Gasteiger partial charge < -0.3 is 19.3 Å². The molecule has 0 atom stereocenters. The van der Waals surface area contributed by atoms with Gasteiger partial charge in [-0.2, -0.15) is 0 Å². The molecule has 1 amide bonds. The van der Waals surface area contributed by atoms with Gasteiger partial charge in [0.2, 0.25) is 0 Å². The monoisotopic (exact) mass is 382 g/mol. The molecular weight excluding hydrogens is 358 g/mol. The Morgan fingerprint density at radius 1 is 1.33 bits per heavy atom. The van der Waals surface area contributed by atoms with E-state index in [4.69, 9.17) is 9.47 Å². The molecule has 1 saturated carbocycles. The third-order valence-electron chi connectivity index (χ3n) is 4.95. The molecule has 0 spiro atoms. The molecule has 148 valence electrons. The summed E-state index contributed by atoms with van der Waals surface area (Å²) in [6, 6.07) is 0. The maximum atomic E-state index is 13.2. The average molecular weight is 382 g/mol. The van der Waals surface area contributed by atoms with E-state index in [-0.39, 0.29) is 23.3 Å². The second kappa shape index (κ2) is 6.54. The molecule has 0 bridgehead atoms. The fraction of sp³-hybridized carbons (Fsp3) is 0.722. The first-order valence-corrected chi connectivity index (χ1v) is 9.28. The smallest absolute Gasteiger partial charge is 0.282 e. The van der Waals surface area contributed by atoms with Crippen molar-refractivity contribution in [1.82, 2.24) is 14.9 Å². The number of rotatable bonds is 5. The number of hydrogen-bond acceptors (Lipinski definition) is 6. The molecule has 27 heavy (non-hydrogen) atoms. The van der Waals surface area contributed by atoms with Crippen LogP contribution in [0.4, 0.5) is 14.6 Å². The molecule has 0 radical (unpaired) electrons. The highest BCUT2D eigenvalue weighted by Gasteiger charge is 2.46. The fourth-order valence-electron chi connectivity index (χ4n) is 3.28. The van der Waals surface area contributed by atoms with Gasteiger partial charge in [-0.3, -0.25) is 4.79 Å². The summed E-state index contributed by atoms with van der Waals surface area (Å²) in [6.07, 6.45) is 3.53. The van der Waals surface area contributed by atoms with Gasteiger partial charge in [0.05, 0.1) is 38.1 Å². The second-order valence-electron chi connectivity index (χ2n) is 8.19. The second-order valence-corrected chi connectivity index (χ2v) is 8.19. The predicted octanol–water partition coefficient (Wildman–Crippen LogP) is 1.97. The zero-order valence-electron chi connectivity index (χ0n) is 15.6. The van der Waals surface area contributed by atoms with Crippen molar-refractivity contribution in [2.45, 2.75) is 38.2 Å². The van der Waals surface area contributed by atoms with E-state index in [1.807, 2.05) is 13.8 Å². The molecule has 0 N–H and O–H groups in total. The Morgan fingerprint density at radius 3 is 2.70 bits per heavy atom. The topological polar surface area (TPSA) is 67.8 Å². The van der Waals surface area contributed by atoms with Crippen molar-refractivity contribution in [1.29, 1.82) is 0 Å². The van der Waals surface area contributed by atoms with Gasteiger partial charge >= 0.3 is 0 Å². The first kappa shape index (κ1) is 18.3. The summed E-state index contributed by atoms with van der Waals surface area (Å²) >= 11 is 0. The normalized spacial score (nSPS) is 23.7. The molecule has 4 rings (SSSR count). The van der Waals surface area contributed by atoms with Crippen LogP contribution in [0.15, 0.2) is 6.20 Å². The van der Waals surface area contributed by atoms with Crippen LogP contribution >= 0.6 is 0 Å². The summed E-state index contributed by atoms with van der Waals surface area (Å²) in [5.74, 6) is -2.06. The quantitative estimate of drug-likeness (QED) is 0.776. The van der Waals surface area contributed by atoms with Gasteiger partial charge in [0.1, 0.15) is 0 Å². The summed E-state index contributed by atoms with van der Waals surface area (Å²) in [5, 5.41) is 0. The number of ether oxygens (including phenoxy) is 2. The SMILES string of the molecule is CC1(C)CN(C(=O)c2cnc(N3CC(F)(F)C3)c(OCC3CC3)n2)CCO1.